The number of aromatic nitrogens is 2. The van der Waals surface area contributed by atoms with Gasteiger partial charge < -0.3 is 20.5 Å². The predicted octanol–water partition coefficient (Wildman–Crippen LogP) is 3.31. The summed E-state index contributed by atoms with van der Waals surface area (Å²) < 4.78 is 0. The van der Waals surface area contributed by atoms with Crippen LogP contribution in [-0.2, 0) is 6.42 Å². The molecule has 1 aromatic carbocycles. The second kappa shape index (κ2) is 9.41. The van der Waals surface area contributed by atoms with Crippen LogP contribution in [0.4, 0.5) is 5.13 Å². The maximum Gasteiger partial charge on any atom is 0.191 e. The highest BCUT2D eigenvalue weighted by Crippen LogP contribution is 2.20. The summed E-state index contributed by atoms with van der Waals surface area (Å²) in [4.78, 5) is 16.8. The van der Waals surface area contributed by atoms with Gasteiger partial charge in [0.15, 0.2) is 11.1 Å². The quantitative estimate of drug-likeness (QED) is 0.246. The molecule has 6 nitrogen and oxygen atoms in total. The molecule has 4 rings (SSSR count). The molecule has 144 valence electrons. The van der Waals surface area contributed by atoms with Crippen molar-refractivity contribution >= 4 is 57.3 Å². The Hall–Kier alpha value is -1.81. The molecule has 27 heavy (non-hydrogen) atoms. The monoisotopic (exact) mass is 496 g/mol. The van der Waals surface area contributed by atoms with Gasteiger partial charge in [0.05, 0.1) is 0 Å². The Morgan fingerprint density at radius 2 is 2.04 bits per heavy atom. The zero-order valence-electron chi connectivity index (χ0n) is 15.2. The van der Waals surface area contributed by atoms with Crippen LogP contribution in [0.5, 0.6) is 0 Å². The van der Waals surface area contributed by atoms with Gasteiger partial charge in [0.25, 0.3) is 0 Å². The van der Waals surface area contributed by atoms with Crippen molar-refractivity contribution in [1.82, 2.24) is 14.9 Å². The fourth-order valence-electron chi connectivity index (χ4n) is 3.40. The molecule has 0 spiro atoms. The number of para-hydroxylation sites is 1. The van der Waals surface area contributed by atoms with E-state index in [-0.39, 0.29) is 24.0 Å². The van der Waals surface area contributed by atoms with Crippen LogP contribution in [0.3, 0.4) is 0 Å². The standard InChI is InChI=1S/C19H24N6S.HI/c20-18(24-9-11-25(12-10-24)19-22-8-13-26-19)21-7-3-4-15-14-23-17-6-2-1-5-16(15)17;/h1-2,5-6,8,13-14,23H,3-4,7,9-12H2,(H2,20,21);1H. The number of nitrogens with two attached hydrogens (primary N) is 1. The first kappa shape index (κ1) is 19.9. The summed E-state index contributed by atoms with van der Waals surface area (Å²) in [5.41, 5.74) is 8.75. The molecule has 0 amide bonds. The molecule has 0 radical (unpaired) electrons. The number of fused-ring (bicyclic) bond motifs is 1. The van der Waals surface area contributed by atoms with Gasteiger partial charge in [0, 0.05) is 61.4 Å². The Bertz CT molecular complexity index is 867. The second-order valence-electron chi connectivity index (χ2n) is 6.49. The number of anilines is 1. The van der Waals surface area contributed by atoms with E-state index in [1.54, 1.807) is 11.3 Å². The second-order valence-corrected chi connectivity index (χ2v) is 7.36. The van der Waals surface area contributed by atoms with Crippen molar-refractivity contribution in [3.63, 3.8) is 0 Å². The molecule has 1 fully saturated rings. The number of guanidine groups is 1. The number of hydrogen-bond acceptors (Lipinski definition) is 4. The first-order valence-electron chi connectivity index (χ1n) is 9.05. The number of H-pyrrole nitrogens is 1. The van der Waals surface area contributed by atoms with Crippen molar-refractivity contribution in [2.24, 2.45) is 10.7 Å². The number of aliphatic imine (C=N–C) groups is 1. The molecule has 0 saturated carbocycles. The summed E-state index contributed by atoms with van der Waals surface area (Å²) in [5.74, 6) is 0.669. The van der Waals surface area contributed by atoms with Crippen molar-refractivity contribution in [3.8, 4) is 0 Å². The number of thiazole rings is 1. The number of aromatic amines is 1. The summed E-state index contributed by atoms with van der Waals surface area (Å²) >= 11 is 1.69. The maximum atomic E-state index is 6.20. The largest absolute Gasteiger partial charge is 0.370 e. The zero-order valence-corrected chi connectivity index (χ0v) is 18.3. The van der Waals surface area contributed by atoms with Crippen LogP contribution in [0.25, 0.3) is 10.9 Å². The Morgan fingerprint density at radius 1 is 1.22 bits per heavy atom. The van der Waals surface area contributed by atoms with Gasteiger partial charge in [-0.05, 0) is 24.5 Å². The minimum Gasteiger partial charge on any atom is -0.370 e. The van der Waals surface area contributed by atoms with Crippen LogP contribution in [0.1, 0.15) is 12.0 Å². The van der Waals surface area contributed by atoms with Gasteiger partial charge >= 0.3 is 0 Å². The molecule has 3 aromatic rings. The summed E-state index contributed by atoms with van der Waals surface area (Å²) in [6, 6.07) is 8.42. The van der Waals surface area contributed by atoms with Gasteiger partial charge in [0.2, 0.25) is 0 Å². The number of nitrogens with zero attached hydrogens (tertiary/aromatic N) is 4. The molecule has 0 bridgehead atoms. The van der Waals surface area contributed by atoms with E-state index in [9.17, 15) is 0 Å². The van der Waals surface area contributed by atoms with E-state index in [0.29, 0.717) is 5.96 Å². The molecule has 1 aliphatic rings. The normalized spacial score (nSPS) is 15.2. The highest BCUT2D eigenvalue weighted by Gasteiger charge is 2.19. The van der Waals surface area contributed by atoms with Gasteiger partial charge in [-0.15, -0.1) is 35.3 Å². The molecular weight excluding hydrogens is 471 g/mol. The molecule has 0 atom stereocenters. The molecule has 8 heteroatoms. The van der Waals surface area contributed by atoms with Crippen molar-refractivity contribution in [1.29, 1.82) is 0 Å². The van der Waals surface area contributed by atoms with Crippen molar-refractivity contribution in [2.75, 3.05) is 37.6 Å². The Balaban J connectivity index is 0.00000210. The molecule has 2 aromatic heterocycles. The van der Waals surface area contributed by atoms with Crippen LogP contribution >= 0.6 is 35.3 Å². The lowest BCUT2D eigenvalue weighted by atomic mass is 10.1. The van der Waals surface area contributed by atoms with E-state index in [1.807, 2.05) is 11.6 Å². The van der Waals surface area contributed by atoms with Crippen molar-refractivity contribution in [2.45, 2.75) is 12.8 Å². The van der Waals surface area contributed by atoms with Gasteiger partial charge in [-0.1, -0.05) is 18.2 Å². The lowest BCUT2D eigenvalue weighted by Gasteiger charge is -2.35. The minimum absolute atomic E-state index is 0. The van der Waals surface area contributed by atoms with Crippen molar-refractivity contribution < 1.29 is 0 Å². The van der Waals surface area contributed by atoms with Crippen LogP contribution in [0.15, 0.2) is 47.0 Å². The third-order valence-corrected chi connectivity index (χ3v) is 5.68. The Morgan fingerprint density at radius 3 is 2.81 bits per heavy atom. The Kier molecular flexibility index (Phi) is 6.95. The number of halogens is 1. The number of benzene rings is 1. The van der Waals surface area contributed by atoms with E-state index in [1.165, 1.54) is 16.5 Å². The lowest BCUT2D eigenvalue weighted by molar-refractivity contribution is 0.380. The zero-order chi connectivity index (χ0) is 17.8. The fraction of sp³-hybridized carbons (Fsp3) is 0.368. The molecule has 3 heterocycles. The lowest BCUT2D eigenvalue weighted by Crippen LogP contribution is -2.51. The van der Waals surface area contributed by atoms with Crippen LogP contribution in [0.2, 0.25) is 0 Å². The van der Waals surface area contributed by atoms with E-state index in [4.69, 9.17) is 5.73 Å². The molecule has 3 N–H and O–H groups in total. The third-order valence-electron chi connectivity index (χ3n) is 4.85. The molecule has 1 saturated heterocycles. The molecule has 0 aliphatic carbocycles. The Labute approximate surface area is 180 Å². The van der Waals surface area contributed by atoms with Crippen LogP contribution in [-0.4, -0.2) is 53.6 Å². The van der Waals surface area contributed by atoms with Crippen LogP contribution in [0, 0.1) is 0 Å². The first-order chi connectivity index (χ1) is 12.8. The summed E-state index contributed by atoms with van der Waals surface area (Å²) in [6.07, 6.45) is 5.98. The number of hydrogen-bond donors (Lipinski definition) is 2. The topological polar surface area (TPSA) is 73.5 Å². The van der Waals surface area contributed by atoms with E-state index in [0.717, 1.165) is 50.7 Å². The van der Waals surface area contributed by atoms with Crippen LogP contribution < -0.4 is 10.6 Å². The van der Waals surface area contributed by atoms with E-state index >= 15 is 0 Å². The van der Waals surface area contributed by atoms with Gasteiger partial charge in [-0.25, -0.2) is 4.98 Å². The molecule has 0 unspecified atom stereocenters. The number of aryl methyl sites for hydroxylation is 1. The smallest absolute Gasteiger partial charge is 0.191 e. The summed E-state index contributed by atoms with van der Waals surface area (Å²) in [7, 11) is 0. The van der Waals surface area contributed by atoms with E-state index < -0.39 is 0 Å². The van der Waals surface area contributed by atoms with E-state index in [2.05, 4.69) is 55.2 Å². The fourth-order valence-corrected chi connectivity index (χ4v) is 4.10. The summed E-state index contributed by atoms with van der Waals surface area (Å²) in [6.45, 7) is 4.45. The first-order valence-corrected chi connectivity index (χ1v) is 9.93. The highest BCUT2D eigenvalue weighted by atomic mass is 127. The van der Waals surface area contributed by atoms with Gasteiger partial charge in [-0.3, -0.25) is 4.99 Å². The predicted molar refractivity (Wildman–Crippen MR) is 124 cm³/mol. The number of piperazine rings is 1. The van der Waals surface area contributed by atoms with Crippen molar-refractivity contribution in [3.05, 3.63) is 47.6 Å². The third kappa shape index (κ3) is 4.73. The average molecular weight is 496 g/mol. The maximum absolute atomic E-state index is 6.20. The SMILES string of the molecule is I.NC(=NCCCc1c[nH]c2ccccc12)N1CCN(c2nccs2)CC1. The molecule has 1 aliphatic heterocycles. The number of nitrogens with one attached hydrogen (secondary N) is 1. The minimum atomic E-state index is 0. The molecular formula is C19H25IN6S. The summed E-state index contributed by atoms with van der Waals surface area (Å²) in [5, 5.41) is 4.42. The highest BCUT2D eigenvalue weighted by molar-refractivity contribution is 14.0. The van der Waals surface area contributed by atoms with Gasteiger partial charge in [-0.2, -0.15) is 0 Å². The van der Waals surface area contributed by atoms with Gasteiger partial charge in [0.1, 0.15) is 0 Å². The average Bonchev–Trinajstić information content (AvgIpc) is 3.35. The number of rotatable bonds is 5.